The molecule has 5 heterocycles. The summed E-state index contributed by atoms with van der Waals surface area (Å²) < 4.78 is 82.5. The molecule has 0 aliphatic carbocycles. The Morgan fingerprint density at radius 3 is 2.48 bits per heavy atom. The molecule has 0 amide bonds. The van der Waals surface area contributed by atoms with E-state index in [4.69, 9.17) is 0 Å². The normalized spacial score (nSPS) is 18.4. The Bertz CT molecular complexity index is 2020. The predicted octanol–water partition coefficient (Wildman–Crippen LogP) is 3.94. The number of piperidine rings is 1. The summed E-state index contributed by atoms with van der Waals surface area (Å²) in [6.45, 7) is 4.67. The van der Waals surface area contributed by atoms with E-state index in [1.807, 2.05) is 11.8 Å². The van der Waals surface area contributed by atoms with Crippen LogP contribution in [0.2, 0.25) is 0 Å². The quantitative estimate of drug-likeness (QED) is 0.275. The fraction of sp³-hybridized carbons (Fsp3) is 0.452. The van der Waals surface area contributed by atoms with Crippen LogP contribution in [0.5, 0.6) is 0 Å². The van der Waals surface area contributed by atoms with Gasteiger partial charge in [-0.15, -0.1) is 0 Å². The number of hydrogen-bond donors (Lipinski definition) is 2. The molecule has 0 bridgehead atoms. The summed E-state index contributed by atoms with van der Waals surface area (Å²) in [6, 6.07) is 6.02. The number of aromatic nitrogens is 5. The molecular weight excluding hydrogens is 654 g/mol. The van der Waals surface area contributed by atoms with Crippen molar-refractivity contribution in [3.8, 4) is 11.3 Å². The van der Waals surface area contributed by atoms with Crippen LogP contribution in [-0.2, 0) is 16.6 Å². The van der Waals surface area contributed by atoms with Gasteiger partial charge in [-0.25, -0.2) is 32.1 Å². The number of anilines is 3. The van der Waals surface area contributed by atoms with Crippen LogP contribution < -0.4 is 21.1 Å². The minimum Gasteiger partial charge on any atom is -0.364 e. The smallest absolute Gasteiger partial charge is 0.364 e. The van der Waals surface area contributed by atoms with Gasteiger partial charge in [0.2, 0.25) is 16.0 Å². The first kappa shape index (κ1) is 33.7. The lowest BCUT2D eigenvalue weighted by Crippen LogP contribution is -2.50. The third kappa shape index (κ3) is 7.12. The molecule has 0 saturated carbocycles. The van der Waals surface area contributed by atoms with Crippen LogP contribution in [-0.4, -0.2) is 88.4 Å². The number of piperazine rings is 1. The summed E-state index contributed by atoms with van der Waals surface area (Å²) in [7, 11) is -3.35. The largest absolute Gasteiger partial charge is 0.406 e. The van der Waals surface area contributed by atoms with Crippen LogP contribution in [0.15, 0.2) is 41.5 Å². The van der Waals surface area contributed by atoms with Crippen LogP contribution >= 0.6 is 0 Å². The summed E-state index contributed by atoms with van der Waals surface area (Å²) >= 11 is 0. The van der Waals surface area contributed by atoms with Gasteiger partial charge in [0.05, 0.1) is 23.2 Å². The van der Waals surface area contributed by atoms with Gasteiger partial charge in [0.25, 0.3) is 5.56 Å². The van der Waals surface area contributed by atoms with Gasteiger partial charge in [-0.1, -0.05) is 0 Å². The number of alkyl halides is 3. The second-order valence-electron chi connectivity index (χ2n) is 12.3. The first-order chi connectivity index (χ1) is 22.7. The first-order valence-corrected chi connectivity index (χ1v) is 17.3. The van der Waals surface area contributed by atoms with Crippen molar-refractivity contribution >= 4 is 38.4 Å². The first-order valence-electron chi connectivity index (χ1n) is 15.5. The Kier molecular flexibility index (Phi) is 9.12. The zero-order valence-electron chi connectivity index (χ0n) is 26.6. The van der Waals surface area contributed by atoms with Crippen molar-refractivity contribution in [3.05, 3.63) is 64.2 Å². The predicted molar refractivity (Wildman–Crippen MR) is 173 cm³/mol. The minimum absolute atomic E-state index is 0.0782. The monoisotopic (exact) mass is 689 g/mol. The van der Waals surface area contributed by atoms with Gasteiger partial charge in [-0.2, -0.15) is 18.2 Å². The van der Waals surface area contributed by atoms with E-state index >= 15 is 4.39 Å². The molecule has 1 atom stereocenters. The van der Waals surface area contributed by atoms with E-state index in [-0.39, 0.29) is 59.0 Å². The van der Waals surface area contributed by atoms with E-state index < -0.39 is 34.1 Å². The molecule has 12 nitrogen and oxygen atoms in total. The number of aryl methyl sites for hydroxylation is 1. The van der Waals surface area contributed by atoms with Crippen LogP contribution in [0.1, 0.15) is 37.1 Å². The molecule has 1 aromatic carbocycles. The molecule has 256 valence electrons. The molecule has 48 heavy (non-hydrogen) atoms. The summed E-state index contributed by atoms with van der Waals surface area (Å²) in [4.78, 5) is 33.3. The van der Waals surface area contributed by atoms with E-state index in [2.05, 4.69) is 30.6 Å². The Morgan fingerprint density at radius 1 is 1.06 bits per heavy atom. The van der Waals surface area contributed by atoms with Gasteiger partial charge >= 0.3 is 6.18 Å². The molecule has 2 aliphatic rings. The van der Waals surface area contributed by atoms with Crippen molar-refractivity contribution in [2.24, 2.45) is 0 Å². The van der Waals surface area contributed by atoms with Crippen LogP contribution in [0.3, 0.4) is 0 Å². The number of nitrogens with one attached hydrogen (secondary N) is 2. The van der Waals surface area contributed by atoms with Crippen molar-refractivity contribution < 1.29 is 26.0 Å². The van der Waals surface area contributed by atoms with E-state index in [0.29, 0.717) is 41.0 Å². The molecule has 3 aromatic heterocycles. The molecule has 17 heteroatoms. The Morgan fingerprint density at radius 2 is 1.81 bits per heavy atom. The highest BCUT2D eigenvalue weighted by Crippen LogP contribution is 2.31. The van der Waals surface area contributed by atoms with Crippen molar-refractivity contribution in [1.82, 2.24) is 34.1 Å². The van der Waals surface area contributed by atoms with Crippen LogP contribution in [0, 0.1) is 12.7 Å². The summed E-state index contributed by atoms with van der Waals surface area (Å²) in [5.74, 6) is -0.412. The third-order valence-corrected chi connectivity index (χ3v) is 10.0. The van der Waals surface area contributed by atoms with E-state index in [1.165, 1.54) is 28.8 Å². The van der Waals surface area contributed by atoms with E-state index in [1.54, 1.807) is 19.1 Å². The molecular formula is C31H35F4N9O3S. The van der Waals surface area contributed by atoms with Gasteiger partial charge in [-0.05, 0) is 56.5 Å². The average molecular weight is 690 g/mol. The van der Waals surface area contributed by atoms with Crippen LogP contribution in [0.25, 0.3) is 22.3 Å². The van der Waals surface area contributed by atoms with Crippen molar-refractivity contribution in [2.75, 3.05) is 49.2 Å². The molecule has 6 rings (SSSR count). The van der Waals surface area contributed by atoms with Crippen molar-refractivity contribution in [3.63, 3.8) is 0 Å². The Labute approximate surface area is 274 Å². The number of fused-ring (bicyclic) bond motifs is 1. The molecule has 2 aliphatic heterocycles. The number of hydrogen-bond acceptors (Lipinski definition) is 10. The van der Waals surface area contributed by atoms with Gasteiger partial charge < -0.3 is 15.5 Å². The highest BCUT2D eigenvalue weighted by molar-refractivity contribution is 7.88. The fourth-order valence-corrected chi connectivity index (χ4v) is 7.11. The van der Waals surface area contributed by atoms with Crippen LogP contribution in [0.4, 0.5) is 34.9 Å². The number of benzene rings is 1. The maximum Gasteiger partial charge on any atom is 0.406 e. The molecule has 4 aromatic rings. The SMILES string of the molecule is Cc1cnc(C2CCN(S(C)(=O)=O)CC2)nc1-c1cc2cnc(Nc3ccc(N4CCNCC4C)c(F)c3)nc2n(CC(F)(F)F)c1=O. The highest BCUT2D eigenvalue weighted by Gasteiger charge is 2.32. The number of rotatable bonds is 7. The van der Waals surface area contributed by atoms with E-state index in [9.17, 15) is 26.4 Å². The molecule has 1 unspecified atom stereocenters. The topological polar surface area (TPSA) is 138 Å². The number of nitrogens with zero attached hydrogens (tertiary/aromatic N) is 7. The number of halogens is 4. The standard InChI is InChI=1S/C31H35F4N9O3S/c1-18-14-37-27(20-6-9-42(10-7-20)48(3,46)47)40-26(18)23-12-21-16-38-30(41-28(21)44(29(23)45)17-31(33,34)35)39-22-4-5-25(24(32)13-22)43-11-8-36-15-19(43)2/h4-5,12-14,16,19-20,36H,6-11,15,17H2,1-3H3,(H,38,39,41). The van der Waals surface area contributed by atoms with Gasteiger partial charge in [-0.3, -0.25) is 9.36 Å². The van der Waals surface area contributed by atoms with Gasteiger partial charge in [0.15, 0.2) is 0 Å². The van der Waals surface area contributed by atoms with Crippen molar-refractivity contribution in [2.45, 2.75) is 51.4 Å². The number of pyridine rings is 1. The van der Waals surface area contributed by atoms with Gasteiger partial charge in [0.1, 0.15) is 23.8 Å². The average Bonchev–Trinajstić information content (AvgIpc) is 3.03. The lowest BCUT2D eigenvalue weighted by molar-refractivity contribution is -0.140. The zero-order chi connectivity index (χ0) is 34.4. The fourth-order valence-electron chi connectivity index (χ4n) is 6.23. The molecule has 0 spiro atoms. The lowest BCUT2D eigenvalue weighted by Gasteiger charge is -2.36. The van der Waals surface area contributed by atoms with E-state index in [0.717, 1.165) is 19.3 Å². The Balaban J connectivity index is 1.34. The molecule has 2 N–H and O–H groups in total. The maximum absolute atomic E-state index is 15.2. The summed E-state index contributed by atoms with van der Waals surface area (Å²) in [5.41, 5.74) is 0.0714. The molecule has 0 radical (unpaired) electrons. The third-order valence-electron chi connectivity index (χ3n) is 8.71. The zero-order valence-corrected chi connectivity index (χ0v) is 27.4. The maximum atomic E-state index is 15.2. The highest BCUT2D eigenvalue weighted by atomic mass is 32.2. The van der Waals surface area contributed by atoms with Gasteiger partial charge in [0, 0.05) is 68.2 Å². The lowest BCUT2D eigenvalue weighted by atomic mass is 9.96. The minimum atomic E-state index is -4.76. The second kappa shape index (κ2) is 13.0. The molecule has 2 fully saturated rings. The Hall–Kier alpha value is -4.22. The second-order valence-corrected chi connectivity index (χ2v) is 14.3. The molecule has 2 saturated heterocycles. The summed E-state index contributed by atoms with van der Waals surface area (Å²) in [6.07, 6.45) is 0.107. The summed E-state index contributed by atoms with van der Waals surface area (Å²) in [5, 5.41) is 6.27. The van der Waals surface area contributed by atoms with Crippen molar-refractivity contribution in [1.29, 1.82) is 0 Å². The number of sulfonamides is 1.